The molecule has 1 N–H and O–H groups in total. The van der Waals surface area contributed by atoms with Crippen LogP contribution < -0.4 is 10.2 Å². The number of nitrogens with one attached hydrogen (secondary N) is 1. The first kappa shape index (κ1) is 20.5. The monoisotopic (exact) mass is 433 g/mol. The van der Waals surface area contributed by atoms with E-state index in [9.17, 15) is 4.79 Å². The first-order chi connectivity index (χ1) is 15.5. The van der Waals surface area contributed by atoms with Crippen LogP contribution in [-0.4, -0.2) is 39.9 Å². The van der Waals surface area contributed by atoms with Gasteiger partial charge >= 0.3 is 6.09 Å². The number of aromatic nitrogens is 3. The maximum absolute atomic E-state index is 12.4. The average Bonchev–Trinajstić information content (AvgIpc) is 3.32. The van der Waals surface area contributed by atoms with Crippen LogP contribution in [0.2, 0.25) is 0 Å². The number of hydrogen-bond acceptors (Lipinski definition) is 7. The number of amides is 1. The van der Waals surface area contributed by atoms with Crippen molar-refractivity contribution in [2.75, 3.05) is 23.3 Å². The van der Waals surface area contributed by atoms with Gasteiger partial charge in [-0.05, 0) is 69.7 Å². The highest BCUT2D eigenvalue weighted by Crippen LogP contribution is 2.40. The topological polar surface area (TPSA) is 93.4 Å². The van der Waals surface area contributed by atoms with Crippen LogP contribution in [0.1, 0.15) is 37.1 Å². The molecule has 2 aliphatic rings. The van der Waals surface area contributed by atoms with Crippen molar-refractivity contribution in [1.29, 1.82) is 0 Å². The molecule has 4 heterocycles. The molecular formula is C24H27N5O3. The van der Waals surface area contributed by atoms with Crippen molar-refractivity contribution >= 4 is 17.7 Å². The van der Waals surface area contributed by atoms with E-state index in [2.05, 4.69) is 20.4 Å². The summed E-state index contributed by atoms with van der Waals surface area (Å²) in [4.78, 5) is 22.9. The second kappa shape index (κ2) is 8.26. The summed E-state index contributed by atoms with van der Waals surface area (Å²) >= 11 is 0. The van der Waals surface area contributed by atoms with Gasteiger partial charge in [0, 0.05) is 30.1 Å². The number of aryl methyl sites for hydroxylation is 2. The standard InChI is InChI=1S/C24H27N5O3/c1-16-22(17(2)32-28-16)19-6-7-20(27-14-19)26-13-18-8-10-24(11-9-18)15-29(23(30)31-24)21-5-3-4-12-25-21/h3-7,12,14,18H,8-11,13,15H2,1-2H3,(H,26,27)/t18-,24-. The molecule has 0 radical (unpaired) electrons. The van der Waals surface area contributed by atoms with E-state index >= 15 is 0 Å². The van der Waals surface area contributed by atoms with Crippen molar-refractivity contribution in [3.63, 3.8) is 0 Å². The predicted octanol–water partition coefficient (Wildman–Crippen LogP) is 4.75. The van der Waals surface area contributed by atoms with E-state index in [4.69, 9.17) is 9.26 Å². The molecule has 3 aromatic heterocycles. The summed E-state index contributed by atoms with van der Waals surface area (Å²) < 4.78 is 11.1. The zero-order valence-electron chi connectivity index (χ0n) is 18.4. The van der Waals surface area contributed by atoms with Gasteiger partial charge < -0.3 is 14.6 Å². The fourth-order valence-corrected chi connectivity index (χ4v) is 4.77. The van der Waals surface area contributed by atoms with Gasteiger partial charge in [0.05, 0.1) is 12.2 Å². The molecule has 1 aliphatic heterocycles. The van der Waals surface area contributed by atoms with Crippen LogP contribution in [0.25, 0.3) is 11.1 Å². The molecule has 0 unspecified atom stereocenters. The molecule has 5 rings (SSSR count). The van der Waals surface area contributed by atoms with E-state index in [1.165, 1.54) is 0 Å². The quantitative estimate of drug-likeness (QED) is 0.621. The highest BCUT2D eigenvalue weighted by atomic mass is 16.6. The van der Waals surface area contributed by atoms with Gasteiger partial charge in [0.25, 0.3) is 0 Å². The molecule has 166 valence electrons. The van der Waals surface area contributed by atoms with Crippen molar-refractivity contribution in [1.82, 2.24) is 15.1 Å². The van der Waals surface area contributed by atoms with Gasteiger partial charge in [-0.15, -0.1) is 0 Å². The highest BCUT2D eigenvalue weighted by Gasteiger charge is 2.47. The SMILES string of the molecule is Cc1noc(C)c1-c1ccc(NC[C@H]2CC[C@]3(CC2)CN(c2ccccn2)C(=O)O3)nc1. The molecule has 8 nitrogen and oxygen atoms in total. The van der Waals surface area contributed by atoms with Crippen LogP contribution in [0.5, 0.6) is 0 Å². The lowest BCUT2D eigenvalue weighted by molar-refractivity contribution is 0.0148. The summed E-state index contributed by atoms with van der Waals surface area (Å²) in [6.07, 6.45) is 7.02. The second-order valence-electron chi connectivity index (χ2n) is 8.78. The van der Waals surface area contributed by atoms with Gasteiger partial charge in [0.15, 0.2) is 0 Å². The molecule has 1 amide bonds. The van der Waals surface area contributed by atoms with Crippen molar-refractivity contribution < 1.29 is 14.1 Å². The molecule has 8 heteroatoms. The van der Waals surface area contributed by atoms with Crippen molar-refractivity contribution in [2.45, 2.75) is 45.1 Å². The Kier molecular flexibility index (Phi) is 5.28. The number of carbonyl (C=O) groups is 1. The van der Waals surface area contributed by atoms with E-state index in [1.807, 2.05) is 50.4 Å². The molecule has 1 aliphatic carbocycles. The molecule has 1 saturated heterocycles. The van der Waals surface area contributed by atoms with Gasteiger partial charge in [-0.3, -0.25) is 4.90 Å². The molecule has 0 aromatic carbocycles. The summed E-state index contributed by atoms with van der Waals surface area (Å²) in [5, 5.41) is 7.47. The molecule has 3 aromatic rings. The maximum atomic E-state index is 12.4. The molecule has 0 bridgehead atoms. The first-order valence-electron chi connectivity index (χ1n) is 11.1. The lowest BCUT2D eigenvalue weighted by Crippen LogP contribution is -2.39. The number of carbonyl (C=O) groups excluding carboxylic acids is 1. The minimum atomic E-state index is -0.390. The number of ether oxygens (including phenoxy) is 1. The van der Waals surface area contributed by atoms with Gasteiger partial charge in [-0.2, -0.15) is 0 Å². The fraction of sp³-hybridized carbons (Fsp3) is 0.417. The van der Waals surface area contributed by atoms with E-state index in [-0.39, 0.29) is 11.7 Å². The summed E-state index contributed by atoms with van der Waals surface area (Å²) in [6.45, 7) is 5.28. The van der Waals surface area contributed by atoms with Gasteiger partial charge in [-0.1, -0.05) is 11.2 Å². The molecular weight excluding hydrogens is 406 g/mol. The third-order valence-corrected chi connectivity index (χ3v) is 6.57. The molecule has 1 saturated carbocycles. The third-order valence-electron chi connectivity index (χ3n) is 6.57. The summed E-state index contributed by atoms with van der Waals surface area (Å²) in [5.41, 5.74) is 2.49. The van der Waals surface area contributed by atoms with E-state index in [1.54, 1.807) is 11.1 Å². The summed E-state index contributed by atoms with van der Waals surface area (Å²) in [7, 11) is 0. The predicted molar refractivity (Wildman–Crippen MR) is 120 cm³/mol. The second-order valence-corrected chi connectivity index (χ2v) is 8.78. The number of hydrogen-bond donors (Lipinski definition) is 1. The van der Waals surface area contributed by atoms with E-state index in [0.717, 1.165) is 60.6 Å². The molecule has 32 heavy (non-hydrogen) atoms. The van der Waals surface area contributed by atoms with Crippen LogP contribution in [0.3, 0.4) is 0 Å². The third kappa shape index (κ3) is 3.92. The minimum absolute atomic E-state index is 0.289. The van der Waals surface area contributed by atoms with Crippen molar-refractivity contribution in [3.8, 4) is 11.1 Å². The number of nitrogens with zero attached hydrogens (tertiary/aromatic N) is 4. The Hall–Kier alpha value is -3.42. The van der Waals surface area contributed by atoms with Crippen LogP contribution >= 0.6 is 0 Å². The number of rotatable bonds is 5. The van der Waals surface area contributed by atoms with Gasteiger partial charge in [0.2, 0.25) is 0 Å². The largest absolute Gasteiger partial charge is 0.441 e. The molecule has 1 spiro atoms. The molecule has 2 fully saturated rings. The Morgan fingerprint density at radius 2 is 2.00 bits per heavy atom. The van der Waals surface area contributed by atoms with Gasteiger partial charge in [-0.25, -0.2) is 14.8 Å². The Morgan fingerprint density at radius 3 is 2.66 bits per heavy atom. The average molecular weight is 434 g/mol. The molecule has 0 atom stereocenters. The van der Waals surface area contributed by atoms with Crippen LogP contribution in [-0.2, 0) is 4.74 Å². The zero-order chi connectivity index (χ0) is 22.1. The van der Waals surface area contributed by atoms with E-state index in [0.29, 0.717) is 18.3 Å². The Bertz CT molecular complexity index is 1070. The fourth-order valence-electron chi connectivity index (χ4n) is 4.77. The first-order valence-corrected chi connectivity index (χ1v) is 11.1. The van der Waals surface area contributed by atoms with Crippen molar-refractivity contribution in [3.05, 3.63) is 54.2 Å². The van der Waals surface area contributed by atoms with Crippen LogP contribution in [0.15, 0.2) is 47.2 Å². The number of pyridine rings is 2. The van der Waals surface area contributed by atoms with Crippen molar-refractivity contribution in [2.24, 2.45) is 5.92 Å². The van der Waals surface area contributed by atoms with Gasteiger partial charge in [0.1, 0.15) is 23.0 Å². The van der Waals surface area contributed by atoms with E-state index < -0.39 is 0 Å². The summed E-state index contributed by atoms with van der Waals surface area (Å²) in [5.74, 6) is 2.83. The lowest BCUT2D eigenvalue weighted by atomic mass is 9.78. The smallest absolute Gasteiger partial charge is 0.416 e. The lowest BCUT2D eigenvalue weighted by Gasteiger charge is -2.35. The minimum Gasteiger partial charge on any atom is -0.441 e. The Balaban J connectivity index is 1.15. The Morgan fingerprint density at radius 1 is 1.16 bits per heavy atom. The van der Waals surface area contributed by atoms with Crippen LogP contribution in [0, 0.1) is 19.8 Å². The Labute approximate surface area is 187 Å². The van der Waals surface area contributed by atoms with Crippen LogP contribution in [0.4, 0.5) is 16.4 Å². The number of anilines is 2. The maximum Gasteiger partial charge on any atom is 0.416 e. The zero-order valence-corrected chi connectivity index (χ0v) is 18.4. The highest BCUT2D eigenvalue weighted by molar-refractivity contribution is 5.89. The summed E-state index contributed by atoms with van der Waals surface area (Å²) in [6, 6.07) is 9.62. The normalized spacial score (nSPS) is 22.9.